The van der Waals surface area contributed by atoms with Crippen molar-refractivity contribution in [3.8, 4) is 5.75 Å². The number of ether oxygens (including phenoxy) is 1. The zero-order valence-corrected chi connectivity index (χ0v) is 23.3. The molecule has 3 rings (SSSR count). The first kappa shape index (κ1) is 28.5. The molecule has 37 heavy (non-hydrogen) atoms. The molecule has 202 valence electrons. The minimum Gasteiger partial charge on any atom is -0.497 e. The van der Waals surface area contributed by atoms with Crippen LogP contribution < -0.4 is 14.4 Å². The van der Waals surface area contributed by atoms with Crippen molar-refractivity contribution in [3.05, 3.63) is 59.2 Å². The second kappa shape index (κ2) is 12.4. The average molecular weight is 530 g/mol. The molecule has 9 heteroatoms. The van der Waals surface area contributed by atoms with Gasteiger partial charge in [-0.2, -0.15) is 0 Å². The molecule has 1 fully saturated rings. The molecule has 2 aromatic carbocycles. The number of hydrogen-bond acceptors (Lipinski definition) is 5. The number of carbonyl (C=O) groups is 2. The van der Waals surface area contributed by atoms with E-state index in [-0.39, 0.29) is 18.5 Å². The highest BCUT2D eigenvalue weighted by Gasteiger charge is 2.33. The summed E-state index contributed by atoms with van der Waals surface area (Å²) >= 11 is 0. The van der Waals surface area contributed by atoms with Gasteiger partial charge >= 0.3 is 0 Å². The van der Waals surface area contributed by atoms with Crippen LogP contribution in [0.25, 0.3) is 0 Å². The Kier molecular flexibility index (Phi) is 9.59. The van der Waals surface area contributed by atoms with E-state index in [1.54, 1.807) is 13.2 Å². The van der Waals surface area contributed by atoms with E-state index in [1.807, 2.05) is 57.2 Å². The molecule has 0 heterocycles. The summed E-state index contributed by atoms with van der Waals surface area (Å²) in [5.74, 6) is -0.00707. The SMILES string of the molecule is CC[C@H](C(=O)NC1CCCC1)N(Cc1cccc(OC)c1)C(=O)CN(c1cc(C)ccc1C)S(C)(=O)=O. The summed E-state index contributed by atoms with van der Waals surface area (Å²) in [4.78, 5) is 28.8. The Balaban J connectivity index is 1.96. The average Bonchev–Trinajstić information content (AvgIpc) is 3.36. The molecule has 0 unspecified atom stereocenters. The number of carbonyl (C=O) groups excluding carboxylic acids is 2. The standard InChI is InChI=1S/C28H39N3O5S/c1-6-25(28(33)29-23-11-7-8-12-23)30(18-22-10-9-13-24(17-22)36-4)27(32)19-31(37(5,34)35)26-16-20(2)14-15-21(26)3/h9-10,13-17,23,25H,6-8,11-12,18-19H2,1-5H3,(H,29,33)/t25-/m1/s1. The summed E-state index contributed by atoms with van der Waals surface area (Å²) < 4.78 is 32.2. The Morgan fingerprint density at radius 3 is 2.43 bits per heavy atom. The maximum atomic E-state index is 13.9. The Hall–Kier alpha value is -3.07. The fourth-order valence-electron chi connectivity index (χ4n) is 4.84. The first-order valence-electron chi connectivity index (χ1n) is 12.8. The Labute approximate surface area is 221 Å². The maximum absolute atomic E-state index is 13.9. The number of amides is 2. The van der Waals surface area contributed by atoms with E-state index in [4.69, 9.17) is 4.74 Å². The molecule has 1 saturated carbocycles. The molecular formula is C28H39N3O5S. The van der Waals surface area contributed by atoms with Crippen molar-refractivity contribution in [2.75, 3.05) is 24.2 Å². The zero-order valence-electron chi connectivity index (χ0n) is 22.5. The van der Waals surface area contributed by atoms with Gasteiger partial charge in [-0.15, -0.1) is 0 Å². The van der Waals surface area contributed by atoms with Gasteiger partial charge in [0.15, 0.2) is 0 Å². The van der Waals surface area contributed by atoms with Crippen molar-refractivity contribution in [2.24, 2.45) is 0 Å². The molecule has 8 nitrogen and oxygen atoms in total. The molecular weight excluding hydrogens is 490 g/mol. The van der Waals surface area contributed by atoms with Crippen molar-refractivity contribution >= 4 is 27.5 Å². The largest absolute Gasteiger partial charge is 0.497 e. The first-order chi connectivity index (χ1) is 17.5. The van der Waals surface area contributed by atoms with E-state index in [2.05, 4.69) is 5.32 Å². The van der Waals surface area contributed by atoms with Gasteiger partial charge in [-0.3, -0.25) is 13.9 Å². The number of anilines is 1. The maximum Gasteiger partial charge on any atom is 0.244 e. The number of nitrogens with zero attached hydrogens (tertiary/aromatic N) is 2. The lowest BCUT2D eigenvalue weighted by Gasteiger charge is -2.33. The second-order valence-corrected chi connectivity index (χ2v) is 11.8. The van der Waals surface area contributed by atoms with Gasteiger partial charge in [-0.25, -0.2) is 8.42 Å². The number of nitrogens with one attached hydrogen (secondary N) is 1. The third-order valence-electron chi connectivity index (χ3n) is 6.89. The van der Waals surface area contributed by atoms with Crippen LogP contribution in [0.3, 0.4) is 0 Å². The minimum atomic E-state index is -3.78. The fraction of sp³-hybridized carbons (Fsp3) is 0.500. The monoisotopic (exact) mass is 529 g/mol. The Morgan fingerprint density at radius 2 is 1.81 bits per heavy atom. The van der Waals surface area contributed by atoms with Gasteiger partial charge in [0.25, 0.3) is 0 Å². The minimum absolute atomic E-state index is 0.109. The predicted octanol–water partition coefficient (Wildman–Crippen LogP) is 3.94. The first-order valence-corrected chi connectivity index (χ1v) is 14.7. The second-order valence-electron chi connectivity index (χ2n) is 9.85. The molecule has 1 aliphatic carbocycles. The Bertz CT molecular complexity index is 1210. The highest BCUT2D eigenvalue weighted by Crippen LogP contribution is 2.25. The van der Waals surface area contributed by atoms with E-state index in [0.717, 1.165) is 52.9 Å². The van der Waals surface area contributed by atoms with Crippen LogP contribution in [0, 0.1) is 13.8 Å². The molecule has 0 aromatic heterocycles. The number of benzene rings is 2. The lowest BCUT2D eigenvalue weighted by molar-refractivity contribution is -0.140. The van der Waals surface area contributed by atoms with Crippen LogP contribution >= 0.6 is 0 Å². The third kappa shape index (κ3) is 7.47. The van der Waals surface area contributed by atoms with Crippen LogP contribution in [-0.4, -0.2) is 57.1 Å². The van der Waals surface area contributed by atoms with E-state index in [0.29, 0.717) is 17.9 Å². The van der Waals surface area contributed by atoms with E-state index in [1.165, 1.54) is 4.90 Å². The molecule has 2 amide bonds. The highest BCUT2D eigenvalue weighted by atomic mass is 32.2. The summed E-state index contributed by atoms with van der Waals surface area (Å²) in [6, 6.07) is 12.2. The smallest absolute Gasteiger partial charge is 0.244 e. The topological polar surface area (TPSA) is 96.0 Å². The number of methoxy groups -OCH3 is 1. The van der Waals surface area contributed by atoms with Crippen molar-refractivity contribution in [1.29, 1.82) is 0 Å². The van der Waals surface area contributed by atoms with Gasteiger partial charge in [0, 0.05) is 12.6 Å². The quantitative estimate of drug-likeness (QED) is 0.476. The number of aryl methyl sites for hydroxylation is 2. The van der Waals surface area contributed by atoms with Crippen LogP contribution in [0.15, 0.2) is 42.5 Å². The van der Waals surface area contributed by atoms with E-state index in [9.17, 15) is 18.0 Å². The van der Waals surface area contributed by atoms with Crippen LogP contribution in [0.4, 0.5) is 5.69 Å². The highest BCUT2D eigenvalue weighted by molar-refractivity contribution is 7.92. The van der Waals surface area contributed by atoms with Gasteiger partial charge < -0.3 is 15.0 Å². The predicted molar refractivity (Wildman–Crippen MR) is 146 cm³/mol. The fourth-order valence-corrected chi connectivity index (χ4v) is 5.74. The van der Waals surface area contributed by atoms with Gasteiger partial charge in [-0.05, 0) is 68.0 Å². The van der Waals surface area contributed by atoms with Crippen molar-refractivity contribution in [3.63, 3.8) is 0 Å². The summed E-state index contributed by atoms with van der Waals surface area (Å²) in [5.41, 5.74) is 2.88. The molecule has 1 N–H and O–H groups in total. The Morgan fingerprint density at radius 1 is 1.11 bits per heavy atom. The summed E-state index contributed by atoms with van der Waals surface area (Å²) in [7, 11) is -2.21. The third-order valence-corrected chi connectivity index (χ3v) is 8.01. The normalized spacial score (nSPS) is 14.7. The lowest BCUT2D eigenvalue weighted by Crippen LogP contribution is -2.53. The number of sulfonamides is 1. The van der Waals surface area contributed by atoms with Crippen LogP contribution in [-0.2, 0) is 26.2 Å². The molecule has 1 atom stereocenters. The van der Waals surface area contributed by atoms with Gasteiger partial charge in [0.1, 0.15) is 18.3 Å². The van der Waals surface area contributed by atoms with E-state index >= 15 is 0 Å². The molecule has 2 aromatic rings. The van der Waals surface area contributed by atoms with Crippen molar-refractivity contribution in [1.82, 2.24) is 10.2 Å². The van der Waals surface area contributed by atoms with Crippen LogP contribution in [0.5, 0.6) is 5.75 Å². The van der Waals surface area contributed by atoms with Crippen LogP contribution in [0.2, 0.25) is 0 Å². The summed E-state index contributed by atoms with van der Waals surface area (Å²) in [5, 5.41) is 3.12. The van der Waals surface area contributed by atoms with E-state index < -0.39 is 28.5 Å². The van der Waals surface area contributed by atoms with Gasteiger partial charge in [-0.1, -0.05) is 44.0 Å². The molecule has 0 radical (unpaired) electrons. The van der Waals surface area contributed by atoms with Crippen molar-refractivity contribution in [2.45, 2.75) is 71.5 Å². The van der Waals surface area contributed by atoms with Crippen molar-refractivity contribution < 1.29 is 22.7 Å². The van der Waals surface area contributed by atoms with Crippen LogP contribution in [0.1, 0.15) is 55.7 Å². The molecule has 1 aliphatic rings. The number of rotatable bonds is 11. The molecule has 0 spiro atoms. The summed E-state index contributed by atoms with van der Waals surface area (Å²) in [6.07, 6.45) is 5.51. The molecule has 0 aliphatic heterocycles. The molecule has 0 bridgehead atoms. The number of hydrogen-bond donors (Lipinski definition) is 1. The molecule has 0 saturated heterocycles. The summed E-state index contributed by atoms with van der Waals surface area (Å²) in [6.45, 7) is 5.30. The zero-order chi connectivity index (χ0) is 27.2. The van der Waals surface area contributed by atoms with Gasteiger partial charge in [0.2, 0.25) is 21.8 Å². The lowest BCUT2D eigenvalue weighted by atomic mass is 10.1. The van der Waals surface area contributed by atoms with Gasteiger partial charge in [0.05, 0.1) is 19.1 Å².